The molecule has 10 heteroatoms. The lowest BCUT2D eigenvalue weighted by Crippen LogP contribution is -2.46. The highest BCUT2D eigenvalue weighted by Gasteiger charge is 2.43. The van der Waals surface area contributed by atoms with E-state index in [2.05, 4.69) is 10.1 Å². The smallest absolute Gasteiger partial charge is 0.475 e. The lowest BCUT2D eigenvalue weighted by molar-refractivity contribution is -0.192. The number of hydrogen-bond donors (Lipinski definition) is 2. The van der Waals surface area contributed by atoms with Crippen molar-refractivity contribution >= 4 is 11.9 Å². The van der Waals surface area contributed by atoms with Crippen molar-refractivity contribution in [3.05, 3.63) is 0 Å². The molecule has 0 saturated carbocycles. The zero-order valence-electron chi connectivity index (χ0n) is 10.5. The molecule has 118 valence electrons. The first-order chi connectivity index (χ1) is 9.00. The second kappa shape index (κ2) is 7.36. The Bertz CT molecular complexity index is 341. The minimum Gasteiger partial charge on any atom is -0.475 e. The van der Waals surface area contributed by atoms with Crippen molar-refractivity contribution in [2.75, 3.05) is 19.7 Å². The van der Waals surface area contributed by atoms with Gasteiger partial charge in [-0.3, -0.25) is 0 Å². The topological polar surface area (TPSA) is 75.6 Å². The first-order valence-corrected chi connectivity index (χ1v) is 5.56. The summed E-state index contributed by atoms with van der Waals surface area (Å²) in [5.41, 5.74) is 0. The number of carbonyl (C=O) groups excluding carboxylic acids is 1. The van der Waals surface area contributed by atoms with Gasteiger partial charge in [0.05, 0.1) is 6.61 Å². The molecule has 20 heavy (non-hydrogen) atoms. The summed E-state index contributed by atoms with van der Waals surface area (Å²) in [4.78, 5) is 19.6. The van der Waals surface area contributed by atoms with E-state index in [0.717, 1.165) is 0 Å². The standard InChI is InChI=1S/C8H13F2NO2.C2HF3O2/c1-2-13-7(12)8(9,10)3-6-4-11-5-6;3-2(4,5)1(6)7/h6,11H,2-5H2,1H3;(H,6,7). The van der Waals surface area contributed by atoms with Gasteiger partial charge in [0.25, 0.3) is 0 Å². The lowest BCUT2D eigenvalue weighted by atomic mass is 9.95. The van der Waals surface area contributed by atoms with E-state index in [-0.39, 0.29) is 12.5 Å². The van der Waals surface area contributed by atoms with Crippen LogP contribution in [-0.4, -0.2) is 48.8 Å². The lowest BCUT2D eigenvalue weighted by Gasteiger charge is -2.29. The molecule has 0 aliphatic carbocycles. The summed E-state index contributed by atoms with van der Waals surface area (Å²) in [6, 6.07) is 0. The van der Waals surface area contributed by atoms with Crippen LogP contribution in [0.5, 0.6) is 0 Å². The van der Waals surface area contributed by atoms with Crippen LogP contribution in [-0.2, 0) is 14.3 Å². The summed E-state index contributed by atoms with van der Waals surface area (Å²) in [6.07, 6.45) is -5.49. The molecular weight excluding hydrogens is 293 g/mol. The van der Waals surface area contributed by atoms with Crippen LogP contribution in [0.3, 0.4) is 0 Å². The number of hydrogen-bond acceptors (Lipinski definition) is 4. The van der Waals surface area contributed by atoms with E-state index in [4.69, 9.17) is 9.90 Å². The molecule has 0 bridgehead atoms. The second-order valence-corrected chi connectivity index (χ2v) is 3.96. The van der Waals surface area contributed by atoms with Gasteiger partial charge in [-0.1, -0.05) is 0 Å². The molecule has 0 spiro atoms. The van der Waals surface area contributed by atoms with Gasteiger partial charge in [0, 0.05) is 6.42 Å². The van der Waals surface area contributed by atoms with E-state index in [9.17, 15) is 26.7 Å². The minimum absolute atomic E-state index is 0.00264. The van der Waals surface area contributed by atoms with Crippen LogP contribution in [0.4, 0.5) is 22.0 Å². The quantitative estimate of drug-likeness (QED) is 0.607. The average molecular weight is 307 g/mol. The van der Waals surface area contributed by atoms with Crippen molar-refractivity contribution in [1.29, 1.82) is 0 Å². The third-order valence-electron chi connectivity index (χ3n) is 2.23. The highest BCUT2D eigenvalue weighted by Crippen LogP contribution is 2.26. The van der Waals surface area contributed by atoms with E-state index in [0.29, 0.717) is 13.1 Å². The van der Waals surface area contributed by atoms with Crippen LogP contribution < -0.4 is 5.32 Å². The molecule has 1 aliphatic rings. The third-order valence-corrected chi connectivity index (χ3v) is 2.23. The summed E-state index contributed by atoms with van der Waals surface area (Å²) in [6.45, 7) is 2.64. The molecule has 5 nitrogen and oxygen atoms in total. The van der Waals surface area contributed by atoms with Gasteiger partial charge in [-0.05, 0) is 25.9 Å². The fourth-order valence-electron chi connectivity index (χ4n) is 1.18. The number of alkyl halides is 5. The van der Waals surface area contributed by atoms with E-state index in [1.807, 2.05) is 0 Å². The molecule has 1 rings (SSSR count). The SMILES string of the molecule is CCOC(=O)C(F)(F)CC1CNC1.O=C(O)C(F)(F)F. The summed E-state index contributed by atoms with van der Waals surface area (Å²) in [5, 5.41) is 9.99. The highest BCUT2D eigenvalue weighted by molar-refractivity contribution is 5.77. The minimum atomic E-state index is -5.08. The normalized spacial score (nSPS) is 15.7. The maximum absolute atomic E-state index is 13.0. The monoisotopic (exact) mass is 307 g/mol. The number of halogens is 5. The predicted molar refractivity (Wildman–Crippen MR) is 56.2 cm³/mol. The van der Waals surface area contributed by atoms with Crippen LogP contribution in [0.2, 0.25) is 0 Å². The van der Waals surface area contributed by atoms with Gasteiger partial charge in [-0.15, -0.1) is 0 Å². The van der Waals surface area contributed by atoms with E-state index in [1.54, 1.807) is 0 Å². The van der Waals surface area contributed by atoms with Crippen molar-refractivity contribution in [3.8, 4) is 0 Å². The third kappa shape index (κ3) is 6.64. The van der Waals surface area contributed by atoms with Crippen LogP contribution in [0.1, 0.15) is 13.3 Å². The zero-order valence-corrected chi connectivity index (χ0v) is 10.5. The van der Waals surface area contributed by atoms with Crippen molar-refractivity contribution in [1.82, 2.24) is 5.32 Å². The molecule has 0 aromatic heterocycles. The van der Waals surface area contributed by atoms with Crippen LogP contribution in [0, 0.1) is 5.92 Å². The highest BCUT2D eigenvalue weighted by atomic mass is 19.4. The first-order valence-electron chi connectivity index (χ1n) is 5.56. The second-order valence-electron chi connectivity index (χ2n) is 3.96. The molecule has 0 atom stereocenters. The number of nitrogens with one attached hydrogen (secondary N) is 1. The van der Waals surface area contributed by atoms with E-state index >= 15 is 0 Å². The van der Waals surface area contributed by atoms with Gasteiger partial charge in [0.2, 0.25) is 0 Å². The van der Waals surface area contributed by atoms with Crippen molar-refractivity contribution in [2.24, 2.45) is 5.92 Å². The molecule has 1 aliphatic heterocycles. The van der Waals surface area contributed by atoms with Crippen molar-refractivity contribution in [3.63, 3.8) is 0 Å². The van der Waals surface area contributed by atoms with Gasteiger partial charge < -0.3 is 15.2 Å². The first kappa shape index (κ1) is 18.6. The Morgan fingerprint density at radius 2 is 1.70 bits per heavy atom. The van der Waals surface area contributed by atoms with Crippen molar-refractivity contribution < 1.29 is 41.4 Å². The number of aliphatic carboxylic acids is 1. The van der Waals surface area contributed by atoms with Gasteiger partial charge >= 0.3 is 24.0 Å². The van der Waals surface area contributed by atoms with Gasteiger partial charge in [-0.2, -0.15) is 22.0 Å². The Kier molecular flexibility index (Phi) is 6.83. The van der Waals surface area contributed by atoms with Crippen molar-refractivity contribution in [2.45, 2.75) is 25.4 Å². The molecular formula is C10H14F5NO4. The molecule has 0 radical (unpaired) electrons. The molecule has 1 saturated heterocycles. The summed E-state index contributed by atoms with van der Waals surface area (Å²) in [7, 11) is 0. The van der Waals surface area contributed by atoms with E-state index in [1.165, 1.54) is 6.92 Å². The molecule has 0 amide bonds. The molecule has 0 aromatic rings. The maximum Gasteiger partial charge on any atom is 0.490 e. The Morgan fingerprint density at radius 1 is 1.25 bits per heavy atom. The number of carboxylic acid groups (broad SMARTS) is 1. The van der Waals surface area contributed by atoms with Gasteiger partial charge in [0.15, 0.2) is 0 Å². The zero-order chi connectivity index (χ0) is 16.0. The fraction of sp³-hybridized carbons (Fsp3) is 0.800. The number of carbonyl (C=O) groups is 2. The summed E-state index contributed by atoms with van der Waals surface area (Å²) < 4.78 is 61.9. The van der Waals surface area contributed by atoms with Crippen LogP contribution >= 0.6 is 0 Å². The number of ether oxygens (including phenoxy) is 1. The predicted octanol–water partition coefficient (Wildman–Crippen LogP) is 1.43. The molecule has 2 N–H and O–H groups in total. The Morgan fingerprint density at radius 3 is 1.95 bits per heavy atom. The van der Waals surface area contributed by atoms with Gasteiger partial charge in [0.1, 0.15) is 0 Å². The summed E-state index contributed by atoms with van der Waals surface area (Å²) >= 11 is 0. The van der Waals surface area contributed by atoms with Crippen LogP contribution in [0.15, 0.2) is 0 Å². The maximum atomic E-state index is 13.0. The Labute approximate surface area is 111 Å². The largest absolute Gasteiger partial charge is 0.490 e. The summed E-state index contributed by atoms with van der Waals surface area (Å²) in [5.74, 6) is -7.57. The average Bonchev–Trinajstić information content (AvgIpc) is 2.23. The number of rotatable bonds is 4. The van der Waals surface area contributed by atoms with Crippen LogP contribution in [0.25, 0.3) is 0 Å². The number of esters is 1. The van der Waals surface area contributed by atoms with E-state index < -0.39 is 30.5 Å². The molecule has 1 fully saturated rings. The molecule has 0 unspecified atom stereocenters. The molecule has 1 heterocycles. The Balaban J connectivity index is 0.000000441. The number of carboxylic acids is 1. The van der Waals surface area contributed by atoms with Gasteiger partial charge in [-0.25, -0.2) is 9.59 Å². The Hall–Kier alpha value is -1.45. The fourth-order valence-corrected chi connectivity index (χ4v) is 1.18. The molecule has 0 aromatic carbocycles.